The minimum Gasteiger partial charge on any atom is -0.478 e. The lowest BCUT2D eigenvalue weighted by molar-refractivity contribution is 0.0697. The van der Waals surface area contributed by atoms with Gasteiger partial charge in [0.1, 0.15) is 0 Å². The lowest BCUT2D eigenvalue weighted by Gasteiger charge is -2.01. The molecule has 0 radical (unpaired) electrons. The smallest absolute Gasteiger partial charge is 0.335 e. The molecule has 0 saturated heterocycles. The number of carboxylic acid groups (broad SMARTS) is 1. The molecule has 0 heterocycles. The molecule has 2 N–H and O–H groups in total. The largest absolute Gasteiger partial charge is 0.478 e. The van der Waals surface area contributed by atoms with E-state index in [1.807, 2.05) is 24.3 Å². The summed E-state index contributed by atoms with van der Waals surface area (Å²) in [6.07, 6.45) is 1.69. The Labute approximate surface area is 118 Å². The summed E-state index contributed by atoms with van der Waals surface area (Å²) < 4.78 is 0.960. The molecule has 0 spiro atoms. The molecule has 2 aromatic rings. The monoisotopic (exact) mass is 318 g/mol. The first-order valence-electron chi connectivity index (χ1n) is 5.54. The minimum absolute atomic E-state index is 0.250. The Kier molecular flexibility index (Phi) is 4.30. The molecule has 0 fully saturated rings. The van der Waals surface area contributed by atoms with E-state index in [9.17, 15) is 4.79 Å². The van der Waals surface area contributed by atoms with Crippen molar-refractivity contribution < 1.29 is 9.90 Å². The van der Waals surface area contributed by atoms with Crippen molar-refractivity contribution in [3.8, 4) is 0 Å². The number of halogens is 1. The molecule has 96 valence electrons. The maximum atomic E-state index is 10.7. The van der Waals surface area contributed by atoms with Gasteiger partial charge in [0.05, 0.1) is 17.5 Å². The second kappa shape index (κ2) is 6.15. The van der Waals surface area contributed by atoms with Crippen molar-refractivity contribution in [3.05, 3.63) is 64.1 Å². The molecule has 0 aliphatic heterocycles. The van der Waals surface area contributed by atoms with Crippen LogP contribution in [0.4, 0.5) is 5.69 Å². The average molecular weight is 319 g/mol. The highest BCUT2D eigenvalue weighted by Gasteiger charge is 2.00. The van der Waals surface area contributed by atoms with Gasteiger partial charge in [-0.1, -0.05) is 34.1 Å². The molecule has 0 atom stereocenters. The molecule has 0 aliphatic carbocycles. The van der Waals surface area contributed by atoms with Gasteiger partial charge in [-0.25, -0.2) is 4.79 Å². The molecule has 0 bridgehead atoms. The number of hydrazone groups is 1. The Balaban J connectivity index is 2.03. The van der Waals surface area contributed by atoms with Gasteiger partial charge < -0.3 is 5.11 Å². The fourth-order valence-electron chi connectivity index (χ4n) is 1.44. The quantitative estimate of drug-likeness (QED) is 0.669. The van der Waals surface area contributed by atoms with Gasteiger partial charge in [0.25, 0.3) is 0 Å². The summed E-state index contributed by atoms with van der Waals surface area (Å²) in [5.41, 5.74) is 4.78. The van der Waals surface area contributed by atoms with E-state index in [0.29, 0.717) is 0 Å². The van der Waals surface area contributed by atoms with Crippen molar-refractivity contribution in [3.63, 3.8) is 0 Å². The third kappa shape index (κ3) is 3.66. The molecular formula is C14H11BrN2O2. The summed E-state index contributed by atoms with van der Waals surface area (Å²) in [5, 5.41) is 12.9. The second-order valence-electron chi connectivity index (χ2n) is 3.77. The minimum atomic E-state index is -0.941. The van der Waals surface area contributed by atoms with Crippen molar-refractivity contribution in [1.29, 1.82) is 0 Å². The Morgan fingerprint density at radius 2 is 1.84 bits per heavy atom. The number of nitrogens with zero attached hydrogens (tertiary/aromatic N) is 1. The van der Waals surface area contributed by atoms with Crippen molar-refractivity contribution >= 4 is 33.8 Å². The molecule has 0 aromatic heterocycles. The topological polar surface area (TPSA) is 61.7 Å². The standard InChI is InChI=1S/C14H11BrN2O2/c15-13-4-2-1-3-11(13)9-16-17-12-7-5-10(6-8-12)14(18)19/h1-9,17H,(H,18,19)/b16-9+. The van der Waals surface area contributed by atoms with Crippen LogP contribution in [0.2, 0.25) is 0 Å². The van der Waals surface area contributed by atoms with Crippen LogP contribution in [-0.2, 0) is 0 Å². The molecule has 4 nitrogen and oxygen atoms in total. The molecular weight excluding hydrogens is 308 g/mol. The van der Waals surface area contributed by atoms with Crippen LogP contribution < -0.4 is 5.43 Å². The Morgan fingerprint density at radius 3 is 2.47 bits per heavy atom. The first kappa shape index (κ1) is 13.3. The van der Waals surface area contributed by atoms with E-state index in [0.717, 1.165) is 15.7 Å². The van der Waals surface area contributed by atoms with Gasteiger partial charge in [-0.3, -0.25) is 5.43 Å². The predicted octanol–water partition coefficient (Wildman–Crippen LogP) is 3.59. The summed E-state index contributed by atoms with van der Waals surface area (Å²) in [7, 11) is 0. The maximum absolute atomic E-state index is 10.7. The second-order valence-corrected chi connectivity index (χ2v) is 4.63. The van der Waals surface area contributed by atoms with Crippen molar-refractivity contribution in [2.45, 2.75) is 0 Å². The van der Waals surface area contributed by atoms with E-state index in [4.69, 9.17) is 5.11 Å². The van der Waals surface area contributed by atoms with Gasteiger partial charge in [0.15, 0.2) is 0 Å². The zero-order chi connectivity index (χ0) is 13.7. The Hall–Kier alpha value is -2.14. The fourth-order valence-corrected chi connectivity index (χ4v) is 1.83. The van der Waals surface area contributed by atoms with E-state index < -0.39 is 5.97 Å². The van der Waals surface area contributed by atoms with Crippen LogP contribution in [0.1, 0.15) is 15.9 Å². The summed E-state index contributed by atoms with van der Waals surface area (Å²) in [6, 6.07) is 14.1. The van der Waals surface area contributed by atoms with E-state index in [1.165, 1.54) is 12.1 Å². The van der Waals surface area contributed by atoms with Gasteiger partial charge in [0.2, 0.25) is 0 Å². The van der Waals surface area contributed by atoms with Crippen LogP contribution in [-0.4, -0.2) is 17.3 Å². The highest BCUT2D eigenvalue weighted by atomic mass is 79.9. The van der Waals surface area contributed by atoms with Gasteiger partial charge in [-0.2, -0.15) is 5.10 Å². The number of rotatable bonds is 4. The van der Waals surface area contributed by atoms with Gasteiger partial charge >= 0.3 is 5.97 Å². The number of aromatic carboxylic acids is 1. The van der Waals surface area contributed by atoms with Crippen LogP contribution in [0.25, 0.3) is 0 Å². The van der Waals surface area contributed by atoms with Gasteiger partial charge in [-0.15, -0.1) is 0 Å². The number of hydrogen-bond acceptors (Lipinski definition) is 3. The van der Waals surface area contributed by atoms with Gasteiger partial charge in [0, 0.05) is 10.0 Å². The van der Waals surface area contributed by atoms with Crippen LogP contribution in [0.5, 0.6) is 0 Å². The molecule has 19 heavy (non-hydrogen) atoms. The molecule has 0 aliphatic rings. The highest BCUT2D eigenvalue weighted by Crippen LogP contribution is 2.14. The first-order chi connectivity index (χ1) is 9.16. The van der Waals surface area contributed by atoms with Crippen LogP contribution in [0, 0.1) is 0 Å². The predicted molar refractivity (Wildman–Crippen MR) is 78.8 cm³/mol. The lowest BCUT2D eigenvalue weighted by Crippen LogP contribution is -1.96. The van der Waals surface area contributed by atoms with Crippen LogP contribution in [0.15, 0.2) is 58.1 Å². The third-order valence-corrected chi connectivity index (χ3v) is 3.16. The van der Waals surface area contributed by atoms with Crippen molar-refractivity contribution in [2.24, 2.45) is 5.10 Å². The van der Waals surface area contributed by atoms with Crippen LogP contribution >= 0.6 is 15.9 Å². The molecule has 0 amide bonds. The van der Waals surface area contributed by atoms with Crippen molar-refractivity contribution in [1.82, 2.24) is 0 Å². The number of benzene rings is 2. The van der Waals surface area contributed by atoms with Gasteiger partial charge in [-0.05, 0) is 30.3 Å². The van der Waals surface area contributed by atoms with E-state index >= 15 is 0 Å². The average Bonchev–Trinajstić information content (AvgIpc) is 2.41. The summed E-state index contributed by atoms with van der Waals surface area (Å²) in [4.78, 5) is 10.7. The lowest BCUT2D eigenvalue weighted by atomic mass is 10.2. The number of carbonyl (C=O) groups is 1. The SMILES string of the molecule is O=C(O)c1ccc(N/N=C/c2ccccc2Br)cc1. The summed E-state index contributed by atoms with van der Waals surface area (Å²) in [5.74, 6) is -0.941. The van der Waals surface area contributed by atoms with E-state index in [-0.39, 0.29) is 5.56 Å². The summed E-state index contributed by atoms with van der Waals surface area (Å²) >= 11 is 3.42. The molecule has 0 saturated carbocycles. The molecule has 5 heteroatoms. The molecule has 2 aromatic carbocycles. The number of hydrogen-bond donors (Lipinski definition) is 2. The highest BCUT2D eigenvalue weighted by molar-refractivity contribution is 9.10. The van der Waals surface area contributed by atoms with Crippen LogP contribution in [0.3, 0.4) is 0 Å². The third-order valence-electron chi connectivity index (χ3n) is 2.43. The molecule has 0 unspecified atom stereocenters. The first-order valence-corrected chi connectivity index (χ1v) is 6.33. The maximum Gasteiger partial charge on any atom is 0.335 e. The summed E-state index contributed by atoms with van der Waals surface area (Å²) in [6.45, 7) is 0. The number of carboxylic acids is 1. The zero-order valence-corrected chi connectivity index (χ0v) is 11.5. The Morgan fingerprint density at radius 1 is 1.16 bits per heavy atom. The fraction of sp³-hybridized carbons (Fsp3) is 0. The number of anilines is 1. The van der Waals surface area contributed by atoms with E-state index in [1.54, 1.807) is 18.3 Å². The normalized spacial score (nSPS) is 10.6. The Bertz CT molecular complexity index is 609. The number of nitrogens with one attached hydrogen (secondary N) is 1. The van der Waals surface area contributed by atoms with E-state index in [2.05, 4.69) is 26.5 Å². The van der Waals surface area contributed by atoms with Crippen molar-refractivity contribution in [2.75, 3.05) is 5.43 Å². The molecule has 2 rings (SSSR count). The zero-order valence-electron chi connectivity index (χ0n) is 9.88.